The van der Waals surface area contributed by atoms with E-state index in [1.54, 1.807) is 27.6 Å². The van der Waals surface area contributed by atoms with Crippen LogP contribution in [0.4, 0.5) is 0 Å². The number of rotatable bonds is 8. The highest BCUT2D eigenvalue weighted by molar-refractivity contribution is 7.10. The molecule has 1 amide bonds. The third-order valence-electron chi connectivity index (χ3n) is 3.36. The molecule has 0 aliphatic rings. The molecule has 1 unspecified atom stereocenters. The topological polar surface area (TPSA) is 44.1 Å². The molecule has 1 atom stereocenters. The molecule has 22 heavy (non-hydrogen) atoms. The number of hydrogen-bond acceptors (Lipinski definition) is 4. The Balaban J connectivity index is 2.11. The van der Waals surface area contributed by atoms with Gasteiger partial charge in [0.15, 0.2) is 0 Å². The summed E-state index contributed by atoms with van der Waals surface area (Å²) in [6.45, 7) is 4.92. The van der Waals surface area contributed by atoms with Gasteiger partial charge in [0.25, 0.3) is 0 Å². The smallest absolute Gasteiger partial charge is 0.240 e. The average molecular weight is 331 g/mol. The molecule has 2 aromatic heterocycles. The highest BCUT2D eigenvalue weighted by Gasteiger charge is 2.24. The van der Waals surface area contributed by atoms with E-state index in [2.05, 4.69) is 13.0 Å². The Kier molecular flexibility index (Phi) is 6.63. The Labute approximate surface area is 139 Å². The van der Waals surface area contributed by atoms with Crippen LogP contribution in [0, 0.1) is 24.2 Å². The lowest BCUT2D eigenvalue weighted by Gasteiger charge is -2.24. The first-order chi connectivity index (χ1) is 10.7. The van der Waals surface area contributed by atoms with E-state index in [0.717, 1.165) is 22.6 Å². The number of nitrogens with zero attached hydrogens (tertiary/aromatic N) is 2. The fourth-order valence-electron chi connectivity index (χ4n) is 2.21. The van der Waals surface area contributed by atoms with Gasteiger partial charge in [-0.15, -0.1) is 22.7 Å². The SMILES string of the molecule is [CH2]CCCC(C#N)C(=O)N(Cc1cccs1)Cc1cccs1. The molecule has 0 saturated heterocycles. The van der Waals surface area contributed by atoms with Crippen molar-refractivity contribution in [2.24, 2.45) is 5.92 Å². The van der Waals surface area contributed by atoms with E-state index in [0.29, 0.717) is 19.5 Å². The van der Waals surface area contributed by atoms with Gasteiger partial charge < -0.3 is 4.90 Å². The fraction of sp³-hybridized carbons (Fsp3) is 0.353. The molecule has 0 spiro atoms. The molecule has 115 valence electrons. The standard InChI is InChI=1S/C17H19N2OS2/c1-2-3-6-14(11-18)17(20)19(12-15-7-4-9-21-15)13-16-8-5-10-22-16/h4-5,7-10,14H,1-3,6,12-13H2. The molecule has 0 saturated carbocycles. The minimum Gasteiger partial charge on any atom is -0.331 e. The van der Waals surface area contributed by atoms with Crippen molar-refractivity contribution in [2.75, 3.05) is 0 Å². The summed E-state index contributed by atoms with van der Waals surface area (Å²) in [5.41, 5.74) is 0. The maximum absolute atomic E-state index is 12.7. The normalized spacial score (nSPS) is 11.8. The van der Waals surface area contributed by atoms with Crippen LogP contribution in [-0.2, 0) is 17.9 Å². The van der Waals surface area contributed by atoms with Gasteiger partial charge in [-0.2, -0.15) is 5.26 Å². The summed E-state index contributed by atoms with van der Waals surface area (Å²) in [5.74, 6) is -0.639. The van der Waals surface area contributed by atoms with Crippen molar-refractivity contribution in [3.63, 3.8) is 0 Å². The Hall–Kier alpha value is -1.64. The molecular weight excluding hydrogens is 312 g/mol. The van der Waals surface area contributed by atoms with Gasteiger partial charge in [0, 0.05) is 9.75 Å². The van der Waals surface area contributed by atoms with Crippen LogP contribution in [0.25, 0.3) is 0 Å². The third-order valence-corrected chi connectivity index (χ3v) is 5.08. The van der Waals surface area contributed by atoms with E-state index >= 15 is 0 Å². The van der Waals surface area contributed by atoms with Crippen LogP contribution >= 0.6 is 22.7 Å². The maximum atomic E-state index is 12.7. The zero-order valence-electron chi connectivity index (χ0n) is 12.4. The summed E-state index contributed by atoms with van der Waals surface area (Å²) in [6.07, 6.45) is 2.14. The summed E-state index contributed by atoms with van der Waals surface area (Å²) in [6, 6.07) is 10.2. The van der Waals surface area contributed by atoms with Crippen LogP contribution in [0.2, 0.25) is 0 Å². The Bertz CT molecular complexity index is 563. The monoisotopic (exact) mass is 331 g/mol. The maximum Gasteiger partial charge on any atom is 0.240 e. The van der Waals surface area contributed by atoms with Crippen LogP contribution in [0.5, 0.6) is 0 Å². The van der Waals surface area contributed by atoms with E-state index in [1.165, 1.54) is 0 Å². The quantitative estimate of drug-likeness (QED) is 0.715. The summed E-state index contributed by atoms with van der Waals surface area (Å²) < 4.78 is 0. The van der Waals surface area contributed by atoms with Gasteiger partial charge in [0.05, 0.1) is 19.2 Å². The second-order valence-corrected chi connectivity index (χ2v) is 7.09. The highest BCUT2D eigenvalue weighted by atomic mass is 32.1. The number of thiophene rings is 2. The largest absolute Gasteiger partial charge is 0.331 e. The Morgan fingerprint density at radius 2 is 1.82 bits per heavy atom. The van der Waals surface area contributed by atoms with Crippen molar-refractivity contribution in [1.82, 2.24) is 4.90 Å². The second kappa shape index (κ2) is 8.72. The van der Waals surface area contributed by atoms with Crippen LogP contribution < -0.4 is 0 Å². The first-order valence-electron chi connectivity index (χ1n) is 7.27. The van der Waals surface area contributed by atoms with Gasteiger partial charge in [-0.25, -0.2) is 0 Å². The molecule has 0 aliphatic carbocycles. The molecule has 3 nitrogen and oxygen atoms in total. The molecule has 0 fully saturated rings. The number of carbonyl (C=O) groups is 1. The van der Waals surface area contributed by atoms with E-state index < -0.39 is 5.92 Å². The molecule has 2 rings (SSSR count). The van der Waals surface area contributed by atoms with Crippen molar-refractivity contribution >= 4 is 28.6 Å². The second-order valence-electron chi connectivity index (χ2n) is 5.03. The predicted octanol–water partition coefficient (Wildman–Crippen LogP) is 4.48. The van der Waals surface area contributed by atoms with Crippen LogP contribution in [0.3, 0.4) is 0 Å². The minimum absolute atomic E-state index is 0.0715. The van der Waals surface area contributed by atoms with Crippen molar-refractivity contribution < 1.29 is 4.79 Å². The lowest BCUT2D eigenvalue weighted by Crippen LogP contribution is -2.34. The highest BCUT2D eigenvalue weighted by Crippen LogP contribution is 2.20. The molecule has 5 heteroatoms. The van der Waals surface area contributed by atoms with Gasteiger partial charge >= 0.3 is 0 Å². The predicted molar refractivity (Wildman–Crippen MR) is 91.2 cm³/mol. The van der Waals surface area contributed by atoms with Crippen molar-refractivity contribution in [2.45, 2.75) is 32.4 Å². The van der Waals surface area contributed by atoms with Gasteiger partial charge in [-0.1, -0.05) is 31.9 Å². The van der Waals surface area contributed by atoms with Crippen LogP contribution in [-0.4, -0.2) is 10.8 Å². The molecule has 0 bridgehead atoms. The summed E-state index contributed by atoms with van der Waals surface area (Å²) in [7, 11) is 0. The fourth-order valence-corrected chi connectivity index (χ4v) is 3.64. The van der Waals surface area contributed by atoms with Crippen LogP contribution in [0.15, 0.2) is 35.0 Å². The summed E-state index contributed by atoms with van der Waals surface area (Å²) >= 11 is 3.27. The number of hydrogen-bond donors (Lipinski definition) is 0. The minimum atomic E-state index is -0.568. The number of carbonyl (C=O) groups excluding carboxylic acids is 1. The van der Waals surface area contributed by atoms with Crippen molar-refractivity contribution in [1.29, 1.82) is 5.26 Å². The lowest BCUT2D eigenvalue weighted by molar-refractivity contribution is -0.135. The molecule has 2 heterocycles. The van der Waals surface area contributed by atoms with Gasteiger partial charge in [-0.3, -0.25) is 4.79 Å². The van der Waals surface area contributed by atoms with Gasteiger partial charge in [-0.05, 0) is 29.3 Å². The van der Waals surface area contributed by atoms with Crippen molar-refractivity contribution in [3.8, 4) is 6.07 Å². The third kappa shape index (κ3) is 4.69. The summed E-state index contributed by atoms with van der Waals surface area (Å²) in [4.78, 5) is 16.8. The Morgan fingerprint density at radius 1 is 1.23 bits per heavy atom. The first kappa shape index (κ1) is 16.7. The number of amides is 1. The molecule has 0 aliphatic heterocycles. The zero-order valence-corrected chi connectivity index (χ0v) is 14.0. The summed E-state index contributed by atoms with van der Waals surface area (Å²) in [5, 5.41) is 13.3. The number of unbranched alkanes of at least 4 members (excludes halogenated alkanes) is 1. The van der Waals surface area contributed by atoms with E-state index in [1.807, 2.05) is 35.0 Å². The van der Waals surface area contributed by atoms with Gasteiger partial charge in [0.1, 0.15) is 5.92 Å². The lowest BCUT2D eigenvalue weighted by atomic mass is 10.0. The Morgan fingerprint density at radius 3 is 2.23 bits per heavy atom. The zero-order chi connectivity index (χ0) is 15.8. The molecule has 1 radical (unpaired) electrons. The van der Waals surface area contributed by atoms with E-state index in [-0.39, 0.29) is 5.91 Å². The molecule has 0 N–H and O–H groups in total. The van der Waals surface area contributed by atoms with E-state index in [4.69, 9.17) is 0 Å². The first-order valence-corrected chi connectivity index (χ1v) is 9.03. The number of nitriles is 1. The molecular formula is C17H19N2OS2. The molecule has 2 aromatic rings. The van der Waals surface area contributed by atoms with E-state index in [9.17, 15) is 10.1 Å². The van der Waals surface area contributed by atoms with Gasteiger partial charge in [0.2, 0.25) is 5.91 Å². The molecule has 0 aromatic carbocycles. The van der Waals surface area contributed by atoms with Crippen LogP contribution in [0.1, 0.15) is 29.0 Å². The van der Waals surface area contributed by atoms with Crippen molar-refractivity contribution in [3.05, 3.63) is 51.7 Å². The average Bonchev–Trinajstić information content (AvgIpc) is 3.20.